The van der Waals surface area contributed by atoms with Gasteiger partial charge in [0.15, 0.2) is 0 Å². The van der Waals surface area contributed by atoms with E-state index in [0.29, 0.717) is 0 Å². The Kier molecular flexibility index (Phi) is 16.6. The van der Waals surface area contributed by atoms with E-state index in [0.717, 1.165) is 5.92 Å². The Bertz CT molecular complexity index is 600. The van der Waals surface area contributed by atoms with E-state index in [1.807, 2.05) is 0 Å². The molecule has 162 valence electrons. The maximum atomic E-state index is 3.70. The number of rotatable bonds is 4. The summed E-state index contributed by atoms with van der Waals surface area (Å²) in [6.45, 7) is 13.2. The van der Waals surface area contributed by atoms with Crippen LogP contribution in [0.4, 0.5) is 0 Å². The van der Waals surface area contributed by atoms with Crippen LogP contribution in [0.3, 0.4) is 0 Å². The number of hydrogen-bond donors (Lipinski definition) is 0. The standard InChI is InChI=1S/C16H25.C10H15.2ClH.Zr/c1-2-3-8-14-11-12-16(13-14)15-9-6-4-5-7-10-15;1-7-6-10(4,5)9(3)8(7)2;;;/h12,15H,2-11H2,1H3;1-5H3;2*1H;/q2*-1;;;+4/p-2. The normalized spacial score (nSPS) is 20.7. The fourth-order valence-electron chi connectivity index (χ4n) is 4.36. The molecule has 0 amide bonds. The molecule has 3 heteroatoms. The Morgan fingerprint density at radius 3 is 2.00 bits per heavy atom. The zero-order valence-corrected chi connectivity index (χ0v) is 23.5. The molecule has 0 unspecified atom stereocenters. The first-order valence-corrected chi connectivity index (χ1v) is 11.0. The van der Waals surface area contributed by atoms with Gasteiger partial charge in [0.25, 0.3) is 0 Å². The minimum absolute atomic E-state index is 0. The van der Waals surface area contributed by atoms with Crippen LogP contribution in [0.15, 0.2) is 33.9 Å². The fourth-order valence-corrected chi connectivity index (χ4v) is 4.36. The first-order chi connectivity index (χ1) is 12.3. The van der Waals surface area contributed by atoms with Gasteiger partial charge in [-0.25, -0.2) is 23.3 Å². The van der Waals surface area contributed by atoms with E-state index in [2.05, 4.69) is 59.8 Å². The molecule has 3 rings (SSSR count). The van der Waals surface area contributed by atoms with E-state index < -0.39 is 0 Å². The van der Waals surface area contributed by atoms with Crippen LogP contribution in [-0.2, 0) is 26.2 Å². The van der Waals surface area contributed by atoms with Gasteiger partial charge < -0.3 is 24.8 Å². The van der Waals surface area contributed by atoms with Crippen LogP contribution >= 0.6 is 0 Å². The summed E-state index contributed by atoms with van der Waals surface area (Å²) in [6.07, 6.45) is 23.3. The molecule has 3 aliphatic rings. The van der Waals surface area contributed by atoms with Gasteiger partial charge in [0.2, 0.25) is 0 Å². The SMILES string of the molecule is CC1=[C-]C(C)(C)C(C)=C1C.CCCCC1=[C-]C(C2CCCCCC2)=CC1.[Cl-].[Cl-].[Zr+4]. The smallest absolute Gasteiger partial charge is 1.00 e. The number of unbranched alkanes of at least 4 members (excludes halogenated alkanes) is 1. The van der Waals surface area contributed by atoms with Gasteiger partial charge in [0, 0.05) is 0 Å². The summed E-state index contributed by atoms with van der Waals surface area (Å²) >= 11 is 0. The van der Waals surface area contributed by atoms with Crippen LogP contribution in [0.1, 0.15) is 106 Å². The van der Waals surface area contributed by atoms with Crippen molar-refractivity contribution in [3.63, 3.8) is 0 Å². The molecule has 0 atom stereocenters. The van der Waals surface area contributed by atoms with Crippen molar-refractivity contribution in [2.75, 3.05) is 0 Å². The molecule has 0 spiro atoms. The molecule has 0 heterocycles. The molecular formula is C26H40Cl2Zr. The van der Waals surface area contributed by atoms with Gasteiger partial charge in [-0.15, -0.1) is 6.92 Å². The van der Waals surface area contributed by atoms with Crippen molar-refractivity contribution in [2.45, 2.75) is 106 Å². The summed E-state index contributed by atoms with van der Waals surface area (Å²) in [5, 5.41) is 0. The molecule has 0 bridgehead atoms. The van der Waals surface area contributed by atoms with Gasteiger partial charge >= 0.3 is 26.2 Å². The average Bonchev–Trinajstić information content (AvgIpc) is 3.00. The van der Waals surface area contributed by atoms with E-state index in [4.69, 9.17) is 0 Å². The minimum atomic E-state index is 0. The zero-order valence-electron chi connectivity index (χ0n) is 19.5. The van der Waals surface area contributed by atoms with Crippen molar-refractivity contribution in [3.8, 4) is 0 Å². The van der Waals surface area contributed by atoms with Gasteiger partial charge in [-0.1, -0.05) is 91.4 Å². The summed E-state index contributed by atoms with van der Waals surface area (Å²) in [5.41, 5.74) is 7.53. The van der Waals surface area contributed by atoms with Crippen molar-refractivity contribution in [1.29, 1.82) is 0 Å². The molecule has 0 N–H and O–H groups in total. The van der Waals surface area contributed by atoms with E-state index in [1.165, 1.54) is 80.9 Å². The Morgan fingerprint density at radius 1 is 1.00 bits per heavy atom. The van der Waals surface area contributed by atoms with Gasteiger partial charge in [-0.2, -0.15) is 16.7 Å². The number of halogens is 2. The second kappa shape index (κ2) is 15.3. The Hall–Kier alpha value is 0.423. The zero-order chi connectivity index (χ0) is 19.2. The second-order valence-electron chi connectivity index (χ2n) is 9.01. The molecule has 29 heavy (non-hydrogen) atoms. The second-order valence-corrected chi connectivity index (χ2v) is 9.01. The summed E-state index contributed by atoms with van der Waals surface area (Å²) in [6, 6.07) is 0. The summed E-state index contributed by atoms with van der Waals surface area (Å²) < 4.78 is 0. The van der Waals surface area contributed by atoms with Crippen molar-refractivity contribution in [1.82, 2.24) is 0 Å². The first-order valence-electron chi connectivity index (χ1n) is 11.0. The molecule has 3 aliphatic carbocycles. The Balaban J connectivity index is 0. The predicted molar refractivity (Wildman–Crippen MR) is 115 cm³/mol. The molecule has 1 fully saturated rings. The van der Waals surface area contributed by atoms with Crippen molar-refractivity contribution < 1.29 is 51.0 Å². The third-order valence-corrected chi connectivity index (χ3v) is 6.58. The molecule has 0 nitrogen and oxygen atoms in total. The van der Waals surface area contributed by atoms with Crippen molar-refractivity contribution >= 4 is 0 Å². The summed E-state index contributed by atoms with van der Waals surface area (Å²) in [7, 11) is 0. The quantitative estimate of drug-likeness (QED) is 0.399. The summed E-state index contributed by atoms with van der Waals surface area (Å²) in [5.74, 6) is 0.849. The van der Waals surface area contributed by atoms with Crippen LogP contribution in [-0.4, -0.2) is 0 Å². The molecular weight excluding hydrogens is 474 g/mol. The van der Waals surface area contributed by atoms with Crippen molar-refractivity contribution in [3.05, 3.63) is 46.1 Å². The minimum Gasteiger partial charge on any atom is -1.00 e. The van der Waals surface area contributed by atoms with Crippen LogP contribution in [0.25, 0.3) is 0 Å². The van der Waals surface area contributed by atoms with Crippen molar-refractivity contribution in [2.24, 2.45) is 11.3 Å². The predicted octanol–water partition coefficient (Wildman–Crippen LogP) is 2.32. The third kappa shape index (κ3) is 9.62. The van der Waals surface area contributed by atoms with Crippen LogP contribution in [0.5, 0.6) is 0 Å². The van der Waals surface area contributed by atoms with Gasteiger partial charge in [-0.05, 0) is 18.8 Å². The molecule has 0 saturated heterocycles. The van der Waals surface area contributed by atoms with Crippen LogP contribution in [0, 0.1) is 23.5 Å². The number of allylic oxidation sites excluding steroid dienone is 8. The third-order valence-electron chi connectivity index (χ3n) is 6.58. The van der Waals surface area contributed by atoms with E-state index in [-0.39, 0.29) is 56.4 Å². The van der Waals surface area contributed by atoms with Crippen LogP contribution < -0.4 is 24.8 Å². The monoisotopic (exact) mass is 512 g/mol. The topological polar surface area (TPSA) is 0 Å². The van der Waals surface area contributed by atoms with Gasteiger partial charge in [0.05, 0.1) is 0 Å². The fraction of sp³-hybridized carbons (Fsp3) is 0.692. The molecule has 1 saturated carbocycles. The Morgan fingerprint density at radius 2 is 1.59 bits per heavy atom. The largest absolute Gasteiger partial charge is 4.00 e. The number of hydrogen-bond acceptors (Lipinski definition) is 0. The van der Waals surface area contributed by atoms with Crippen LogP contribution in [0.2, 0.25) is 0 Å². The maximum Gasteiger partial charge on any atom is 4.00 e. The van der Waals surface area contributed by atoms with Gasteiger partial charge in [0.1, 0.15) is 0 Å². The van der Waals surface area contributed by atoms with Gasteiger partial charge in [-0.3, -0.25) is 6.08 Å². The molecule has 0 radical (unpaired) electrons. The maximum absolute atomic E-state index is 3.70. The summed E-state index contributed by atoms with van der Waals surface area (Å²) in [4.78, 5) is 0. The van der Waals surface area contributed by atoms with E-state index >= 15 is 0 Å². The van der Waals surface area contributed by atoms with E-state index in [9.17, 15) is 0 Å². The average molecular weight is 515 g/mol. The molecule has 0 aliphatic heterocycles. The Labute approximate surface area is 213 Å². The first kappa shape index (κ1) is 31.6. The molecule has 0 aromatic carbocycles. The molecule has 0 aromatic rings. The van der Waals surface area contributed by atoms with E-state index in [1.54, 1.807) is 11.1 Å². The molecule has 0 aromatic heterocycles.